The highest BCUT2D eigenvalue weighted by atomic mass is 35.5. The van der Waals surface area contributed by atoms with Crippen LogP contribution in [-0.2, 0) is 33.4 Å². The molecule has 0 bridgehead atoms. The molecule has 1 N–H and O–H groups in total. The molecule has 7 rings (SSSR count). The molecule has 0 aliphatic carbocycles. The number of hydrogen-bond acceptors (Lipinski definition) is 14. The molecule has 18 heteroatoms. The van der Waals surface area contributed by atoms with E-state index >= 15 is 0 Å². The molecular formula is C44H47ClN6O10S. The van der Waals surface area contributed by atoms with Gasteiger partial charge in [0.05, 0.1) is 43.3 Å². The van der Waals surface area contributed by atoms with Crippen molar-refractivity contribution < 1.29 is 47.7 Å². The number of amides is 4. The van der Waals surface area contributed by atoms with Gasteiger partial charge in [-0.25, -0.2) is 0 Å². The third kappa shape index (κ3) is 9.92. The van der Waals surface area contributed by atoms with Gasteiger partial charge in [-0.05, 0) is 69.9 Å². The van der Waals surface area contributed by atoms with Gasteiger partial charge in [0.1, 0.15) is 41.0 Å². The van der Waals surface area contributed by atoms with Gasteiger partial charge in [0.25, 0.3) is 11.8 Å². The average molecular weight is 887 g/mol. The first-order chi connectivity index (χ1) is 29.9. The Labute approximate surface area is 366 Å². The number of ether oxygens (including phenoxy) is 4. The largest absolute Gasteiger partial charge is 0.485 e. The number of piperidine rings is 1. The van der Waals surface area contributed by atoms with E-state index in [9.17, 15) is 28.8 Å². The molecule has 2 aromatic heterocycles. The van der Waals surface area contributed by atoms with E-state index in [1.807, 2.05) is 35.8 Å². The van der Waals surface area contributed by atoms with Crippen molar-refractivity contribution in [2.45, 2.75) is 77.8 Å². The molecule has 4 aromatic rings. The van der Waals surface area contributed by atoms with Crippen molar-refractivity contribution in [1.82, 2.24) is 25.0 Å². The molecule has 5 heterocycles. The average Bonchev–Trinajstić information content (AvgIpc) is 3.83. The molecule has 62 heavy (non-hydrogen) atoms. The summed E-state index contributed by atoms with van der Waals surface area (Å²) >= 11 is 7.88. The van der Waals surface area contributed by atoms with Crippen molar-refractivity contribution in [3.05, 3.63) is 91.8 Å². The highest BCUT2D eigenvalue weighted by Crippen LogP contribution is 2.40. The molecule has 2 aromatic carbocycles. The number of aryl methyl sites for hydroxylation is 2. The summed E-state index contributed by atoms with van der Waals surface area (Å²) in [5.41, 5.74) is 3.94. The fourth-order valence-corrected chi connectivity index (χ4v) is 8.91. The summed E-state index contributed by atoms with van der Waals surface area (Å²) < 4.78 is 24.6. The van der Waals surface area contributed by atoms with Gasteiger partial charge in [0, 0.05) is 59.9 Å². The van der Waals surface area contributed by atoms with E-state index in [0.717, 1.165) is 38.1 Å². The molecule has 2 atom stereocenters. The Kier molecular flexibility index (Phi) is 14.5. The van der Waals surface area contributed by atoms with E-state index in [2.05, 4.69) is 29.4 Å². The highest BCUT2D eigenvalue weighted by molar-refractivity contribution is 7.15. The molecule has 0 saturated carbocycles. The number of ketones is 2. The van der Waals surface area contributed by atoms with Crippen molar-refractivity contribution in [2.24, 2.45) is 4.99 Å². The van der Waals surface area contributed by atoms with Crippen LogP contribution in [0.15, 0.2) is 47.5 Å². The van der Waals surface area contributed by atoms with Crippen LogP contribution in [0.25, 0.3) is 5.00 Å². The van der Waals surface area contributed by atoms with Gasteiger partial charge in [-0.2, -0.15) is 0 Å². The number of Topliss-reactive ketones (excluding diaryl/α,β-unsaturated/α-hetero) is 2. The van der Waals surface area contributed by atoms with Crippen molar-refractivity contribution in [3.8, 4) is 10.8 Å². The van der Waals surface area contributed by atoms with Crippen molar-refractivity contribution in [2.75, 3.05) is 46.2 Å². The number of imide groups is 2. The van der Waals surface area contributed by atoms with Gasteiger partial charge in [-0.1, -0.05) is 29.8 Å². The number of benzene rings is 2. The summed E-state index contributed by atoms with van der Waals surface area (Å²) in [6, 6.07) is 10.5. The van der Waals surface area contributed by atoms with Gasteiger partial charge in [-0.3, -0.25) is 48.5 Å². The molecule has 1 unspecified atom stereocenters. The van der Waals surface area contributed by atoms with Crippen LogP contribution in [0.3, 0.4) is 0 Å². The third-order valence-electron chi connectivity index (χ3n) is 10.8. The minimum absolute atomic E-state index is 0.00870. The van der Waals surface area contributed by atoms with E-state index in [4.69, 9.17) is 35.5 Å². The second-order valence-corrected chi connectivity index (χ2v) is 16.8. The predicted molar refractivity (Wildman–Crippen MR) is 227 cm³/mol. The molecule has 326 valence electrons. The first-order valence-corrected chi connectivity index (χ1v) is 21.7. The number of aliphatic imine (C=N–C) groups is 1. The minimum atomic E-state index is -1.10. The molecule has 1 fully saturated rings. The maximum atomic E-state index is 13.3. The van der Waals surface area contributed by atoms with Crippen LogP contribution in [0.1, 0.15) is 105 Å². The monoisotopic (exact) mass is 886 g/mol. The summed E-state index contributed by atoms with van der Waals surface area (Å²) in [6.07, 6.45) is 1.74. The molecule has 3 aliphatic heterocycles. The lowest BCUT2D eigenvalue weighted by molar-refractivity contribution is -0.136. The second-order valence-electron chi connectivity index (χ2n) is 15.1. The van der Waals surface area contributed by atoms with Crippen LogP contribution in [0, 0.1) is 20.8 Å². The number of rotatable bonds is 21. The van der Waals surface area contributed by atoms with Crippen LogP contribution >= 0.6 is 22.9 Å². The summed E-state index contributed by atoms with van der Waals surface area (Å²) in [4.78, 5) is 83.2. The number of nitrogens with zero attached hydrogens (tertiary/aromatic N) is 5. The number of hydrogen-bond donors (Lipinski definition) is 1. The predicted octanol–water partition coefficient (Wildman–Crippen LogP) is 5.42. The number of fused-ring (bicyclic) bond motifs is 4. The molecule has 16 nitrogen and oxygen atoms in total. The molecule has 3 aliphatic rings. The maximum Gasteiger partial charge on any atom is 0.266 e. The number of carbonyl (C=O) groups excluding carboxylic acids is 6. The van der Waals surface area contributed by atoms with Crippen LogP contribution in [-0.4, -0.2) is 113 Å². The smallest absolute Gasteiger partial charge is 0.266 e. The second kappa shape index (κ2) is 20.2. The first-order valence-electron chi connectivity index (χ1n) is 20.5. The number of carbonyl (C=O) groups is 6. The Hall–Kier alpha value is -5.46. The molecular weight excluding hydrogens is 840 g/mol. The topological polar surface area (TPSA) is 198 Å². The van der Waals surface area contributed by atoms with Crippen molar-refractivity contribution in [3.63, 3.8) is 0 Å². The van der Waals surface area contributed by atoms with Crippen LogP contribution in [0.2, 0.25) is 5.02 Å². The zero-order chi connectivity index (χ0) is 43.9. The van der Waals surface area contributed by atoms with Crippen LogP contribution < -0.4 is 10.1 Å². The quantitative estimate of drug-likeness (QED) is 0.0826. The third-order valence-corrected chi connectivity index (χ3v) is 12.3. The van der Waals surface area contributed by atoms with Crippen molar-refractivity contribution >= 4 is 63.8 Å². The summed E-state index contributed by atoms with van der Waals surface area (Å²) in [5, 5.41) is 12.6. The minimum Gasteiger partial charge on any atom is -0.485 e. The van der Waals surface area contributed by atoms with Gasteiger partial charge in [0.15, 0.2) is 11.6 Å². The first kappa shape index (κ1) is 44.6. The normalized spacial score (nSPS) is 17.0. The zero-order valence-electron chi connectivity index (χ0n) is 34.7. The standard InChI is InChI=1S/C44H47ClN6O10S/c1-25-26(2)62-44-37(25)39(28-11-13-29(45)14-12-28)46-33(40-49-48-27(3)50(40)44)23-30(52)7-5-17-58-19-21-60-22-20-59-18-6-8-31(53)24-61-35-10-4-9-32-38(35)43(57)51(42(32)56)34-15-16-36(54)47-41(34)55/h4,9-14,33-34H,5-8,15-24H2,1-3H3,(H,47,54,55)/t33-,34?/m0/s1. The lowest BCUT2D eigenvalue weighted by Gasteiger charge is -2.27. The Balaban J connectivity index is 0.760. The Morgan fingerprint density at radius 3 is 2.21 bits per heavy atom. The number of halogens is 1. The fraction of sp³-hybridized carbons (Fsp3) is 0.432. The van der Waals surface area contributed by atoms with Crippen LogP contribution in [0.5, 0.6) is 5.75 Å². The van der Waals surface area contributed by atoms with Gasteiger partial charge in [0.2, 0.25) is 11.8 Å². The lowest BCUT2D eigenvalue weighted by Crippen LogP contribution is -2.54. The van der Waals surface area contributed by atoms with Gasteiger partial charge in [-0.15, -0.1) is 21.5 Å². The number of thiophene rings is 1. The van der Waals surface area contributed by atoms with Gasteiger partial charge >= 0.3 is 0 Å². The lowest BCUT2D eigenvalue weighted by atomic mass is 9.99. The Bertz CT molecular complexity index is 2410. The van der Waals surface area contributed by atoms with Crippen LogP contribution in [0.4, 0.5) is 0 Å². The summed E-state index contributed by atoms with van der Waals surface area (Å²) in [7, 11) is 0. The number of nitrogens with one attached hydrogen (secondary N) is 1. The molecule has 4 amide bonds. The number of aromatic nitrogens is 3. The Morgan fingerprint density at radius 1 is 0.839 bits per heavy atom. The van der Waals surface area contributed by atoms with E-state index in [-0.39, 0.29) is 60.7 Å². The fourth-order valence-electron chi connectivity index (χ4n) is 7.57. The van der Waals surface area contributed by atoms with Crippen molar-refractivity contribution in [1.29, 1.82) is 0 Å². The van der Waals surface area contributed by atoms with Gasteiger partial charge < -0.3 is 18.9 Å². The molecule has 0 spiro atoms. The van der Waals surface area contributed by atoms with E-state index in [1.165, 1.54) is 23.1 Å². The molecule has 0 radical (unpaired) electrons. The SMILES string of the molecule is Cc1sc2c(c1C)C(c1ccc(Cl)cc1)=N[C@@H](CC(=O)CCCOCCOCCOCCCC(=O)COc1cccc3c1C(=O)N(C1CCC(=O)NC1=O)C3=O)c1nnc(C)n1-2. The maximum absolute atomic E-state index is 13.3. The zero-order valence-corrected chi connectivity index (χ0v) is 36.3. The summed E-state index contributed by atoms with van der Waals surface area (Å²) in [5.74, 6) is -1.22. The molecule has 1 saturated heterocycles. The van der Waals surface area contributed by atoms with E-state index in [0.29, 0.717) is 69.8 Å². The summed E-state index contributed by atoms with van der Waals surface area (Å²) in [6.45, 7) is 7.91. The Morgan fingerprint density at radius 2 is 1.52 bits per heavy atom. The van der Waals surface area contributed by atoms with E-state index in [1.54, 1.807) is 11.3 Å². The van der Waals surface area contributed by atoms with E-state index < -0.39 is 35.7 Å². The highest BCUT2D eigenvalue weighted by Gasteiger charge is 2.46.